The van der Waals surface area contributed by atoms with Gasteiger partial charge in [-0.25, -0.2) is 4.98 Å². The summed E-state index contributed by atoms with van der Waals surface area (Å²) in [5, 5.41) is 11.7. The minimum absolute atomic E-state index is 0.0728. The minimum Gasteiger partial charge on any atom is -0.477 e. The molecule has 0 bridgehead atoms. The van der Waals surface area contributed by atoms with Gasteiger partial charge in [-0.3, -0.25) is 4.79 Å². The minimum atomic E-state index is -0.389. The van der Waals surface area contributed by atoms with Crippen molar-refractivity contribution >= 4 is 11.6 Å². The molecule has 0 aromatic carbocycles. The number of pyridine rings is 1. The number of amides is 1. The quantitative estimate of drug-likeness (QED) is 0.728. The fourth-order valence-electron chi connectivity index (χ4n) is 1.56. The average Bonchev–Trinajstić information content (AvgIpc) is 2.43. The van der Waals surface area contributed by atoms with E-state index in [1.165, 1.54) is 6.07 Å². The highest BCUT2D eigenvalue weighted by Gasteiger charge is 2.16. The van der Waals surface area contributed by atoms with Crippen LogP contribution in [0.25, 0.3) is 0 Å². The maximum Gasteiger partial charge on any atom is 0.270 e. The molecule has 21 heavy (non-hydrogen) atoms. The molecule has 0 fully saturated rings. The van der Waals surface area contributed by atoms with Gasteiger partial charge in [-0.1, -0.05) is 0 Å². The van der Waals surface area contributed by atoms with E-state index in [0.29, 0.717) is 19.8 Å². The summed E-state index contributed by atoms with van der Waals surface area (Å²) in [5.74, 6) is -0.317. The molecule has 0 aliphatic rings. The monoisotopic (exact) mass is 292 g/mol. The molecule has 1 aromatic rings. The van der Waals surface area contributed by atoms with E-state index in [1.807, 2.05) is 19.9 Å². The van der Waals surface area contributed by atoms with Crippen LogP contribution in [0.1, 0.15) is 36.8 Å². The lowest BCUT2D eigenvalue weighted by molar-refractivity contribution is 0.0744. The highest BCUT2D eigenvalue weighted by Crippen LogP contribution is 2.22. The molecule has 0 atom stereocenters. The van der Waals surface area contributed by atoms with Crippen molar-refractivity contribution in [3.05, 3.63) is 17.3 Å². The number of aromatic nitrogens is 1. The zero-order valence-corrected chi connectivity index (χ0v) is 12.5. The van der Waals surface area contributed by atoms with Gasteiger partial charge in [-0.05, 0) is 26.8 Å². The van der Waals surface area contributed by atoms with Gasteiger partial charge in [0.15, 0.2) is 0 Å². The predicted molar refractivity (Wildman–Crippen MR) is 78.0 cm³/mol. The van der Waals surface area contributed by atoms with E-state index in [9.17, 15) is 4.79 Å². The van der Waals surface area contributed by atoms with Crippen molar-refractivity contribution in [2.75, 3.05) is 25.5 Å². The number of nitrogen functional groups attached to an aromatic ring is 1. The van der Waals surface area contributed by atoms with E-state index < -0.39 is 0 Å². The topological polar surface area (TPSA) is 110 Å². The number of rotatable bonds is 7. The van der Waals surface area contributed by atoms with E-state index in [4.69, 9.17) is 20.5 Å². The molecule has 0 saturated carbocycles. The molecule has 1 rings (SSSR count). The Hall–Kier alpha value is -2.33. The van der Waals surface area contributed by atoms with Crippen molar-refractivity contribution in [3.8, 4) is 11.9 Å². The first-order valence-corrected chi connectivity index (χ1v) is 6.72. The Bertz CT molecular complexity index is 538. The Balaban J connectivity index is 2.78. The van der Waals surface area contributed by atoms with Crippen LogP contribution in [0, 0.1) is 11.3 Å². The molecule has 0 saturated heterocycles. The van der Waals surface area contributed by atoms with Gasteiger partial charge in [-0.15, -0.1) is 0 Å². The molecule has 7 heteroatoms. The smallest absolute Gasteiger partial charge is 0.270 e. The molecule has 3 N–H and O–H groups in total. The van der Waals surface area contributed by atoms with Crippen LogP contribution in [-0.4, -0.2) is 36.8 Å². The summed E-state index contributed by atoms with van der Waals surface area (Å²) in [6.45, 7) is 6.69. The normalized spacial score (nSPS) is 10.2. The predicted octanol–water partition coefficient (Wildman–Crippen LogP) is 1.09. The summed E-state index contributed by atoms with van der Waals surface area (Å²) >= 11 is 0. The lowest BCUT2D eigenvalue weighted by atomic mass is 10.2. The summed E-state index contributed by atoms with van der Waals surface area (Å²) in [7, 11) is 0. The molecular formula is C14H20N4O3. The average molecular weight is 292 g/mol. The number of ether oxygens (including phenoxy) is 2. The van der Waals surface area contributed by atoms with Crippen molar-refractivity contribution < 1.29 is 14.3 Å². The third-order valence-corrected chi connectivity index (χ3v) is 2.48. The molecule has 0 radical (unpaired) electrons. The van der Waals surface area contributed by atoms with Gasteiger partial charge in [0, 0.05) is 6.54 Å². The van der Waals surface area contributed by atoms with E-state index in [0.717, 1.165) is 0 Å². The Morgan fingerprint density at radius 2 is 2.29 bits per heavy atom. The second kappa shape index (κ2) is 8.07. The first-order chi connectivity index (χ1) is 9.99. The van der Waals surface area contributed by atoms with Gasteiger partial charge in [-0.2, -0.15) is 5.26 Å². The SMILES string of the molecule is CCOc1nc(C(=O)NCCOC(C)C)cc(N)c1C#N. The Labute approximate surface area is 124 Å². The lowest BCUT2D eigenvalue weighted by Gasteiger charge is -2.11. The summed E-state index contributed by atoms with van der Waals surface area (Å²) < 4.78 is 10.6. The zero-order valence-electron chi connectivity index (χ0n) is 12.5. The largest absolute Gasteiger partial charge is 0.477 e. The molecule has 0 spiro atoms. The second-order valence-electron chi connectivity index (χ2n) is 4.50. The van der Waals surface area contributed by atoms with Gasteiger partial charge in [0.25, 0.3) is 5.91 Å². The number of hydrogen-bond donors (Lipinski definition) is 2. The van der Waals surface area contributed by atoms with Crippen LogP contribution in [0.2, 0.25) is 0 Å². The first-order valence-electron chi connectivity index (χ1n) is 6.72. The highest BCUT2D eigenvalue weighted by molar-refractivity contribution is 5.93. The number of nitrogens with two attached hydrogens (primary N) is 1. The highest BCUT2D eigenvalue weighted by atomic mass is 16.5. The van der Waals surface area contributed by atoms with Crippen molar-refractivity contribution in [2.45, 2.75) is 26.9 Å². The third kappa shape index (κ3) is 4.93. The number of carbonyl (C=O) groups is 1. The van der Waals surface area contributed by atoms with Crippen LogP contribution < -0.4 is 15.8 Å². The maximum atomic E-state index is 12.0. The molecule has 0 aliphatic carbocycles. The Morgan fingerprint density at radius 3 is 2.86 bits per heavy atom. The van der Waals surface area contributed by atoms with Gasteiger partial charge < -0.3 is 20.5 Å². The van der Waals surface area contributed by atoms with E-state index in [2.05, 4.69) is 10.3 Å². The molecule has 1 heterocycles. The molecule has 7 nitrogen and oxygen atoms in total. The zero-order chi connectivity index (χ0) is 15.8. The number of carbonyl (C=O) groups excluding carboxylic acids is 1. The number of nitrogens with one attached hydrogen (secondary N) is 1. The second-order valence-corrected chi connectivity index (χ2v) is 4.50. The third-order valence-electron chi connectivity index (χ3n) is 2.48. The number of anilines is 1. The van der Waals surface area contributed by atoms with Crippen LogP contribution in [0.15, 0.2) is 6.07 Å². The standard InChI is InChI=1S/C14H20N4O3/c1-4-20-14-10(8-15)11(16)7-12(18-14)13(19)17-5-6-21-9(2)3/h7,9H,4-6H2,1-3H3,(H2,16,18)(H,17,19). The summed E-state index contributed by atoms with van der Waals surface area (Å²) in [4.78, 5) is 16.0. The van der Waals surface area contributed by atoms with Crippen molar-refractivity contribution in [1.29, 1.82) is 5.26 Å². The van der Waals surface area contributed by atoms with E-state index in [1.54, 1.807) is 6.92 Å². The van der Waals surface area contributed by atoms with Gasteiger partial charge in [0.05, 0.1) is 25.0 Å². The number of nitriles is 1. The fraction of sp³-hybridized carbons (Fsp3) is 0.500. The number of nitrogens with zero attached hydrogens (tertiary/aromatic N) is 2. The van der Waals surface area contributed by atoms with Gasteiger partial charge in [0.2, 0.25) is 5.88 Å². The fourth-order valence-corrected chi connectivity index (χ4v) is 1.56. The molecule has 1 aromatic heterocycles. The molecule has 1 amide bonds. The Kier molecular flexibility index (Phi) is 6.43. The van der Waals surface area contributed by atoms with Crippen LogP contribution in [0.5, 0.6) is 5.88 Å². The Morgan fingerprint density at radius 1 is 1.57 bits per heavy atom. The lowest BCUT2D eigenvalue weighted by Crippen LogP contribution is -2.29. The maximum absolute atomic E-state index is 12.0. The summed E-state index contributed by atoms with van der Waals surface area (Å²) in [6.07, 6.45) is 0.107. The van der Waals surface area contributed by atoms with Crippen molar-refractivity contribution in [3.63, 3.8) is 0 Å². The molecule has 114 valence electrons. The van der Waals surface area contributed by atoms with E-state index in [-0.39, 0.29) is 34.8 Å². The summed E-state index contributed by atoms with van der Waals surface area (Å²) in [5.41, 5.74) is 6.16. The van der Waals surface area contributed by atoms with Crippen molar-refractivity contribution in [2.24, 2.45) is 0 Å². The molecule has 0 aliphatic heterocycles. The molecule has 0 unspecified atom stereocenters. The summed E-state index contributed by atoms with van der Waals surface area (Å²) in [6, 6.07) is 3.28. The molecular weight excluding hydrogens is 272 g/mol. The van der Waals surface area contributed by atoms with Crippen LogP contribution in [-0.2, 0) is 4.74 Å². The van der Waals surface area contributed by atoms with Gasteiger partial charge >= 0.3 is 0 Å². The van der Waals surface area contributed by atoms with Crippen LogP contribution >= 0.6 is 0 Å². The van der Waals surface area contributed by atoms with Crippen LogP contribution in [0.4, 0.5) is 5.69 Å². The van der Waals surface area contributed by atoms with Crippen LogP contribution in [0.3, 0.4) is 0 Å². The van der Waals surface area contributed by atoms with Crippen molar-refractivity contribution in [1.82, 2.24) is 10.3 Å². The number of hydrogen-bond acceptors (Lipinski definition) is 6. The van der Waals surface area contributed by atoms with Gasteiger partial charge in [0.1, 0.15) is 17.3 Å². The van der Waals surface area contributed by atoms with E-state index >= 15 is 0 Å². The first kappa shape index (κ1) is 16.7.